The highest BCUT2D eigenvalue weighted by atomic mass is 16.2. The van der Waals surface area contributed by atoms with Gasteiger partial charge in [0.2, 0.25) is 0 Å². The summed E-state index contributed by atoms with van der Waals surface area (Å²) in [5.41, 5.74) is 2.27. The third kappa shape index (κ3) is 3.45. The summed E-state index contributed by atoms with van der Waals surface area (Å²) >= 11 is 0. The fraction of sp³-hybridized carbons (Fsp3) is 0.350. The Kier molecular flexibility index (Phi) is 4.66. The van der Waals surface area contributed by atoms with Crippen LogP contribution in [0.2, 0.25) is 0 Å². The van der Waals surface area contributed by atoms with E-state index in [4.69, 9.17) is 0 Å². The van der Waals surface area contributed by atoms with E-state index < -0.39 is 0 Å². The summed E-state index contributed by atoms with van der Waals surface area (Å²) in [4.78, 5) is 32.7. The molecule has 7 heteroatoms. The molecule has 1 atom stereocenters. The smallest absolute Gasteiger partial charge is 0.255 e. The largest absolute Gasteiger partial charge is 0.333 e. The number of piperidine rings is 1. The Hall–Kier alpha value is -3.09. The molecule has 3 aromatic rings. The minimum Gasteiger partial charge on any atom is -0.333 e. The zero-order chi connectivity index (χ0) is 18.8. The summed E-state index contributed by atoms with van der Waals surface area (Å²) in [6.07, 6.45) is 9.91. The lowest BCUT2D eigenvalue weighted by atomic mass is 9.97. The number of imidazole rings is 1. The van der Waals surface area contributed by atoms with Crippen LogP contribution < -0.4 is 0 Å². The van der Waals surface area contributed by atoms with Gasteiger partial charge in [0.1, 0.15) is 11.5 Å². The molecule has 1 fully saturated rings. The molecule has 0 saturated carbocycles. The summed E-state index contributed by atoms with van der Waals surface area (Å²) in [6, 6.07) is 5.51. The molecule has 7 nitrogen and oxygen atoms in total. The van der Waals surface area contributed by atoms with Gasteiger partial charge >= 0.3 is 0 Å². The summed E-state index contributed by atoms with van der Waals surface area (Å²) in [7, 11) is 1.94. The van der Waals surface area contributed by atoms with Gasteiger partial charge in [-0.05, 0) is 44.4 Å². The van der Waals surface area contributed by atoms with Crippen LogP contribution in [-0.4, -0.2) is 41.9 Å². The maximum absolute atomic E-state index is 13.1. The Morgan fingerprint density at radius 2 is 2.11 bits per heavy atom. The number of carbonyl (C=O) groups excluding carboxylic acids is 1. The van der Waals surface area contributed by atoms with E-state index >= 15 is 0 Å². The van der Waals surface area contributed by atoms with Gasteiger partial charge in [-0.2, -0.15) is 0 Å². The highest BCUT2D eigenvalue weighted by molar-refractivity contribution is 5.94. The lowest BCUT2D eigenvalue weighted by molar-refractivity contribution is 0.0605. The van der Waals surface area contributed by atoms with Crippen molar-refractivity contribution in [1.29, 1.82) is 0 Å². The fourth-order valence-corrected chi connectivity index (χ4v) is 3.63. The van der Waals surface area contributed by atoms with E-state index in [0.29, 0.717) is 11.4 Å². The fourth-order valence-electron chi connectivity index (χ4n) is 3.63. The third-order valence-corrected chi connectivity index (χ3v) is 4.92. The molecule has 1 amide bonds. The third-order valence-electron chi connectivity index (χ3n) is 4.92. The molecule has 3 aromatic heterocycles. The van der Waals surface area contributed by atoms with Gasteiger partial charge in [-0.3, -0.25) is 9.78 Å². The van der Waals surface area contributed by atoms with Crippen molar-refractivity contribution in [3.8, 4) is 11.5 Å². The van der Waals surface area contributed by atoms with Crippen molar-refractivity contribution in [3.63, 3.8) is 0 Å². The Morgan fingerprint density at radius 1 is 1.22 bits per heavy atom. The first-order valence-electron chi connectivity index (χ1n) is 9.18. The van der Waals surface area contributed by atoms with Crippen LogP contribution in [0.1, 0.15) is 47.2 Å². The lowest BCUT2D eigenvalue weighted by Gasteiger charge is -2.35. The second kappa shape index (κ2) is 7.26. The summed E-state index contributed by atoms with van der Waals surface area (Å²) in [5, 5.41) is 0. The lowest BCUT2D eigenvalue weighted by Crippen LogP contribution is -2.39. The summed E-state index contributed by atoms with van der Waals surface area (Å²) < 4.78 is 1.94. The van der Waals surface area contributed by atoms with Gasteiger partial charge < -0.3 is 9.47 Å². The average molecular weight is 362 g/mol. The molecule has 0 bridgehead atoms. The predicted octanol–water partition coefficient (Wildman–Crippen LogP) is 2.95. The van der Waals surface area contributed by atoms with E-state index in [1.807, 2.05) is 41.8 Å². The van der Waals surface area contributed by atoms with Crippen LogP contribution in [0.15, 0.2) is 43.0 Å². The van der Waals surface area contributed by atoms with Crippen molar-refractivity contribution in [1.82, 2.24) is 29.4 Å². The molecule has 0 aliphatic carbocycles. The van der Waals surface area contributed by atoms with E-state index in [2.05, 4.69) is 19.9 Å². The van der Waals surface area contributed by atoms with Gasteiger partial charge in [-0.1, -0.05) is 0 Å². The summed E-state index contributed by atoms with van der Waals surface area (Å²) in [6.45, 7) is 2.60. The van der Waals surface area contributed by atoms with Gasteiger partial charge in [-0.15, -0.1) is 0 Å². The second-order valence-electron chi connectivity index (χ2n) is 6.84. The number of pyridine rings is 1. The molecule has 27 heavy (non-hydrogen) atoms. The van der Waals surface area contributed by atoms with E-state index in [1.165, 1.54) is 0 Å². The molecule has 0 radical (unpaired) electrons. The number of amides is 1. The Labute approximate surface area is 158 Å². The highest BCUT2D eigenvalue weighted by Gasteiger charge is 2.30. The molecule has 0 aromatic carbocycles. The molecule has 1 unspecified atom stereocenters. The molecule has 1 saturated heterocycles. The van der Waals surface area contributed by atoms with Crippen LogP contribution in [0.5, 0.6) is 0 Å². The number of carbonyl (C=O) groups is 1. The quantitative estimate of drug-likeness (QED) is 0.716. The van der Waals surface area contributed by atoms with Crippen molar-refractivity contribution >= 4 is 5.91 Å². The van der Waals surface area contributed by atoms with Crippen LogP contribution in [0.25, 0.3) is 11.5 Å². The normalized spacial score (nSPS) is 17.1. The molecule has 1 aliphatic heterocycles. The molecule has 4 heterocycles. The SMILES string of the molecule is Cc1nc(-c2nccn2C)cc(C2CCCCN2C(=O)c2cccnc2)n1. The van der Waals surface area contributed by atoms with Gasteiger partial charge in [0.05, 0.1) is 17.3 Å². The zero-order valence-electron chi connectivity index (χ0n) is 15.5. The number of rotatable bonds is 3. The van der Waals surface area contributed by atoms with Gasteiger partial charge in [-0.25, -0.2) is 15.0 Å². The van der Waals surface area contributed by atoms with E-state index in [-0.39, 0.29) is 11.9 Å². The van der Waals surface area contributed by atoms with E-state index in [9.17, 15) is 4.79 Å². The first-order valence-corrected chi connectivity index (χ1v) is 9.18. The van der Waals surface area contributed by atoms with Crippen LogP contribution in [0, 0.1) is 6.92 Å². The van der Waals surface area contributed by atoms with Crippen molar-refractivity contribution in [2.24, 2.45) is 7.05 Å². The van der Waals surface area contributed by atoms with Crippen molar-refractivity contribution < 1.29 is 4.79 Å². The van der Waals surface area contributed by atoms with E-state index in [1.54, 1.807) is 24.7 Å². The van der Waals surface area contributed by atoms with Crippen LogP contribution in [0.4, 0.5) is 0 Å². The number of hydrogen-bond acceptors (Lipinski definition) is 5. The minimum absolute atomic E-state index is 0.00241. The van der Waals surface area contributed by atoms with Crippen LogP contribution in [-0.2, 0) is 7.05 Å². The van der Waals surface area contributed by atoms with Crippen LogP contribution in [0.3, 0.4) is 0 Å². The maximum Gasteiger partial charge on any atom is 0.255 e. The maximum atomic E-state index is 13.1. The first kappa shape index (κ1) is 17.3. The highest BCUT2D eigenvalue weighted by Crippen LogP contribution is 2.32. The number of aryl methyl sites for hydroxylation is 2. The number of aromatic nitrogens is 5. The summed E-state index contributed by atoms with van der Waals surface area (Å²) in [5.74, 6) is 1.48. The number of hydrogen-bond donors (Lipinski definition) is 0. The molecule has 1 aliphatic rings. The molecule has 0 spiro atoms. The van der Waals surface area contributed by atoms with E-state index in [0.717, 1.165) is 43.0 Å². The molecule has 0 N–H and O–H groups in total. The molecule has 138 valence electrons. The van der Waals surface area contributed by atoms with Crippen molar-refractivity contribution in [2.45, 2.75) is 32.2 Å². The number of likely N-dealkylation sites (tertiary alicyclic amines) is 1. The van der Waals surface area contributed by atoms with Gasteiger partial charge in [0, 0.05) is 38.4 Å². The standard InChI is InChI=1S/C20H22N6O/c1-14-23-16(12-17(24-14)19-22-9-11-25(19)2)18-7-3-4-10-26(18)20(27)15-6-5-8-21-13-15/h5-6,8-9,11-13,18H,3-4,7,10H2,1-2H3. The number of nitrogens with zero attached hydrogens (tertiary/aromatic N) is 6. The Morgan fingerprint density at radius 3 is 2.85 bits per heavy atom. The van der Waals surface area contributed by atoms with Crippen molar-refractivity contribution in [3.05, 3.63) is 60.1 Å². The minimum atomic E-state index is -0.0628. The topological polar surface area (TPSA) is 76.8 Å². The monoisotopic (exact) mass is 362 g/mol. The zero-order valence-corrected chi connectivity index (χ0v) is 15.5. The Balaban J connectivity index is 1.71. The van der Waals surface area contributed by atoms with Gasteiger partial charge in [0.25, 0.3) is 5.91 Å². The van der Waals surface area contributed by atoms with Gasteiger partial charge in [0.15, 0.2) is 5.82 Å². The van der Waals surface area contributed by atoms with Crippen LogP contribution >= 0.6 is 0 Å². The molecular formula is C20H22N6O. The molecule has 4 rings (SSSR count). The second-order valence-corrected chi connectivity index (χ2v) is 6.84. The average Bonchev–Trinajstić information content (AvgIpc) is 3.13. The Bertz CT molecular complexity index is 952. The van der Waals surface area contributed by atoms with Crippen molar-refractivity contribution in [2.75, 3.05) is 6.54 Å². The predicted molar refractivity (Wildman–Crippen MR) is 101 cm³/mol. The molecular weight excluding hydrogens is 340 g/mol. The first-order chi connectivity index (χ1) is 13.1.